The topological polar surface area (TPSA) is 74.6 Å². The lowest BCUT2D eigenvalue weighted by Crippen LogP contribution is -2.01. The molecule has 0 aromatic heterocycles. The molecular weight excluding hydrogens is 244 g/mol. The highest BCUT2D eigenvalue weighted by molar-refractivity contribution is 6.30. The number of halogens is 1. The van der Waals surface area contributed by atoms with Crippen molar-refractivity contribution in [1.29, 1.82) is 0 Å². The molecule has 0 saturated carbocycles. The molecule has 2 N–H and O–H groups in total. The lowest BCUT2D eigenvalue weighted by Gasteiger charge is -1.95. The molecule has 1 aromatic carbocycles. The first-order valence-corrected chi connectivity index (χ1v) is 4.98. The molecule has 5 heteroatoms. The molecule has 0 atom stereocenters. The van der Waals surface area contributed by atoms with Crippen LogP contribution in [-0.4, -0.2) is 22.2 Å². The minimum Gasteiger partial charge on any atom is -0.478 e. The summed E-state index contributed by atoms with van der Waals surface area (Å²) >= 11 is 5.69. The predicted molar refractivity (Wildman–Crippen MR) is 63.8 cm³/mol. The Bertz CT molecular complexity index is 486. The molecule has 0 amide bonds. The maximum Gasteiger partial charge on any atom is 0.335 e. The zero-order valence-electron chi connectivity index (χ0n) is 8.63. The second kappa shape index (κ2) is 5.86. The molecule has 1 aromatic rings. The van der Waals surface area contributed by atoms with Gasteiger partial charge in [-0.05, 0) is 23.8 Å². The number of hydrogen-bond donors (Lipinski definition) is 2. The maximum absolute atomic E-state index is 10.7. The highest BCUT2D eigenvalue weighted by atomic mass is 35.5. The van der Waals surface area contributed by atoms with E-state index >= 15 is 0 Å². The van der Waals surface area contributed by atoms with Crippen LogP contribution in [0.5, 0.6) is 0 Å². The van der Waals surface area contributed by atoms with Crippen molar-refractivity contribution >= 4 is 29.6 Å². The fourth-order valence-corrected chi connectivity index (χ4v) is 1.20. The summed E-state index contributed by atoms with van der Waals surface area (Å²) < 4.78 is 0. The summed E-state index contributed by atoms with van der Waals surface area (Å²) in [6.07, 6.45) is 3.35. The lowest BCUT2D eigenvalue weighted by atomic mass is 10.1. The number of hydrogen-bond acceptors (Lipinski definition) is 2. The average molecular weight is 253 g/mol. The van der Waals surface area contributed by atoms with Gasteiger partial charge in [-0.1, -0.05) is 29.8 Å². The van der Waals surface area contributed by atoms with E-state index in [9.17, 15) is 9.59 Å². The third-order valence-electron chi connectivity index (χ3n) is 1.85. The van der Waals surface area contributed by atoms with Crippen molar-refractivity contribution in [2.75, 3.05) is 0 Å². The maximum atomic E-state index is 10.7. The van der Waals surface area contributed by atoms with E-state index in [1.165, 1.54) is 12.2 Å². The summed E-state index contributed by atoms with van der Waals surface area (Å²) in [6.45, 7) is 0. The summed E-state index contributed by atoms with van der Waals surface area (Å²) in [7, 11) is 0. The van der Waals surface area contributed by atoms with Crippen molar-refractivity contribution in [3.8, 4) is 0 Å². The van der Waals surface area contributed by atoms with Crippen molar-refractivity contribution < 1.29 is 19.8 Å². The molecule has 0 unspecified atom stereocenters. The number of carbonyl (C=O) groups is 2. The van der Waals surface area contributed by atoms with Crippen LogP contribution in [0.4, 0.5) is 0 Å². The van der Waals surface area contributed by atoms with E-state index in [1.807, 2.05) is 0 Å². The van der Waals surface area contributed by atoms with E-state index in [-0.39, 0.29) is 5.57 Å². The van der Waals surface area contributed by atoms with E-state index in [4.69, 9.17) is 21.8 Å². The first-order chi connectivity index (χ1) is 7.99. The van der Waals surface area contributed by atoms with Gasteiger partial charge in [0.1, 0.15) is 0 Å². The van der Waals surface area contributed by atoms with Crippen molar-refractivity contribution in [2.45, 2.75) is 0 Å². The molecule has 0 aliphatic rings. The summed E-state index contributed by atoms with van der Waals surface area (Å²) in [5, 5.41) is 17.8. The van der Waals surface area contributed by atoms with Gasteiger partial charge in [0.25, 0.3) is 0 Å². The van der Waals surface area contributed by atoms with Crippen LogP contribution in [0.15, 0.2) is 42.0 Å². The molecule has 0 fully saturated rings. The summed E-state index contributed by atoms with van der Waals surface area (Å²) in [4.78, 5) is 21.1. The largest absolute Gasteiger partial charge is 0.478 e. The number of carboxylic acids is 2. The zero-order valence-corrected chi connectivity index (χ0v) is 9.39. The summed E-state index contributed by atoms with van der Waals surface area (Å²) in [5.74, 6) is -2.60. The van der Waals surface area contributed by atoms with E-state index < -0.39 is 11.9 Å². The molecule has 0 spiro atoms. The normalized spacial score (nSPS) is 11.7. The van der Waals surface area contributed by atoms with E-state index in [1.54, 1.807) is 24.3 Å². The fourth-order valence-electron chi connectivity index (χ4n) is 1.07. The van der Waals surface area contributed by atoms with E-state index in [0.29, 0.717) is 11.1 Å². The van der Waals surface area contributed by atoms with Gasteiger partial charge in [-0.3, -0.25) is 0 Å². The Morgan fingerprint density at radius 2 is 1.71 bits per heavy atom. The third-order valence-corrected chi connectivity index (χ3v) is 2.10. The van der Waals surface area contributed by atoms with Crippen LogP contribution in [-0.2, 0) is 9.59 Å². The molecule has 4 nitrogen and oxygen atoms in total. The fraction of sp³-hybridized carbons (Fsp3) is 0. The van der Waals surface area contributed by atoms with Crippen LogP contribution < -0.4 is 0 Å². The minimum atomic E-state index is -1.30. The van der Waals surface area contributed by atoms with Crippen LogP contribution >= 0.6 is 11.6 Å². The zero-order chi connectivity index (χ0) is 12.8. The molecule has 0 bridgehead atoms. The van der Waals surface area contributed by atoms with Crippen LogP contribution in [0.3, 0.4) is 0 Å². The van der Waals surface area contributed by atoms with Crippen molar-refractivity contribution in [3.63, 3.8) is 0 Å². The quantitative estimate of drug-likeness (QED) is 0.638. The van der Waals surface area contributed by atoms with Gasteiger partial charge in [-0.2, -0.15) is 0 Å². The Labute approximate surface area is 102 Å². The molecule has 0 radical (unpaired) electrons. The Kier molecular flexibility index (Phi) is 4.48. The van der Waals surface area contributed by atoms with Gasteiger partial charge in [0.05, 0.1) is 5.57 Å². The Hall–Kier alpha value is -2.07. The van der Waals surface area contributed by atoms with Gasteiger partial charge in [0.2, 0.25) is 0 Å². The van der Waals surface area contributed by atoms with Gasteiger partial charge in [0, 0.05) is 11.1 Å². The van der Waals surface area contributed by atoms with E-state index in [0.717, 1.165) is 5.56 Å². The van der Waals surface area contributed by atoms with Crippen molar-refractivity contribution in [2.24, 2.45) is 0 Å². The molecule has 1 rings (SSSR count). The number of benzene rings is 1. The van der Waals surface area contributed by atoms with Crippen LogP contribution in [0.1, 0.15) is 5.56 Å². The Balaban J connectivity index is 2.91. The first-order valence-electron chi connectivity index (χ1n) is 4.60. The van der Waals surface area contributed by atoms with Crippen LogP contribution in [0, 0.1) is 0 Å². The van der Waals surface area contributed by atoms with E-state index in [2.05, 4.69) is 0 Å². The summed E-state index contributed by atoms with van der Waals surface area (Å²) in [5.41, 5.74) is 0.430. The van der Waals surface area contributed by atoms with Gasteiger partial charge in [0.15, 0.2) is 0 Å². The van der Waals surface area contributed by atoms with Gasteiger partial charge < -0.3 is 10.2 Å². The number of rotatable bonds is 4. The predicted octanol–water partition coefficient (Wildman–Crippen LogP) is 2.45. The number of carboxylic acid groups (broad SMARTS) is 2. The summed E-state index contributed by atoms with van der Waals surface area (Å²) in [6, 6.07) is 6.70. The van der Waals surface area contributed by atoms with Gasteiger partial charge in [-0.15, -0.1) is 0 Å². The molecule has 0 aliphatic heterocycles. The highest BCUT2D eigenvalue weighted by Crippen LogP contribution is 2.11. The molecule has 0 saturated heterocycles. The second-order valence-corrected chi connectivity index (χ2v) is 3.56. The minimum absolute atomic E-state index is 0.299. The van der Waals surface area contributed by atoms with Crippen LogP contribution in [0.2, 0.25) is 5.02 Å². The third kappa shape index (κ3) is 4.53. The highest BCUT2D eigenvalue weighted by Gasteiger charge is 2.05. The average Bonchev–Trinajstić information content (AvgIpc) is 2.25. The molecule has 0 aliphatic carbocycles. The van der Waals surface area contributed by atoms with Gasteiger partial charge in [-0.25, -0.2) is 9.59 Å². The molecule has 0 heterocycles. The monoisotopic (exact) mass is 252 g/mol. The Morgan fingerprint density at radius 1 is 1.12 bits per heavy atom. The SMILES string of the molecule is O=C(O)C=C(C=Cc1ccc(Cl)cc1)C(=O)O. The molecule has 17 heavy (non-hydrogen) atoms. The second-order valence-electron chi connectivity index (χ2n) is 3.13. The number of aliphatic carboxylic acids is 2. The molecular formula is C12H9ClO4. The van der Waals surface area contributed by atoms with Crippen molar-refractivity contribution in [1.82, 2.24) is 0 Å². The van der Waals surface area contributed by atoms with Crippen LogP contribution in [0.25, 0.3) is 6.08 Å². The lowest BCUT2D eigenvalue weighted by molar-refractivity contribution is -0.134. The first kappa shape index (κ1) is 13.0. The Morgan fingerprint density at radius 3 is 2.18 bits per heavy atom. The standard InChI is InChI=1S/C12H9ClO4/c13-10-5-2-8(3-6-10)1-4-9(12(16)17)7-11(14)15/h1-7H,(H,14,15)(H,16,17). The van der Waals surface area contributed by atoms with Crippen molar-refractivity contribution in [3.05, 3.63) is 52.6 Å². The smallest absolute Gasteiger partial charge is 0.335 e. The molecule has 88 valence electrons. The van der Waals surface area contributed by atoms with Gasteiger partial charge >= 0.3 is 11.9 Å².